The van der Waals surface area contributed by atoms with Gasteiger partial charge in [-0.15, -0.1) is 0 Å². The van der Waals surface area contributed by atoms with Crippen molar-refractivity contribution in [2.24, 2.45) is 5.92 Å². The molecule has 1 aliphatic rings. The van der Waals surface area contributed by atoms with Crippen molar-refractivity contribution in [3.05, 3.63) is 54.4 Å². The fourth-order valence-electron chi connectivity index (χ4n) is 3.10. The molecule has 132 valence electrons. The molecule has 0 bridgehead atoms. The Bertz CT molecular complexity index is 712. The summed E-state index contributed by atoms with van der Waals surface area (Å²) >= 11 is 0. The first-order chi connectivity index (χ1) is 12.0. The predicted molar refractivity (Wildman–Crippen MR) is 97.7 cm³/mol. The molecule has 0 spiro atoms. The lowest BCUT2D eigenvalue weighted by atomic mass is 10.1. The first kappa shape index (κ1) is 17.3. The van der Waals surface area contributed by atoms with Crippen molar-refractivity contribution in [3.63, 3.8) is 0 Å². The molecule has 0 atom stereocenters. The highest BCUT2D eigenvalue weighted by Crippen LogP contribution is 2.14. The smallest absolute Gasteiger partial charge is 0.253 e. The van der Waals surface area contributed by atoms with Gasteiger partial charge in [-0.25, -0.2) is 0 Å². The lowest BCUT2D eigenvalue weighted by Crippen LogP contribution is -2.50. The van der Waals surface area contributed by atoms with E-state index in [1.165, 1.54) is 0 Å². The molecule has 1 saturated heterocycles. The van der Waals surface area contributed by atoms with Crippen molar-refractivity contribution in [2.75, 3.05) is 26.2 Å². The molecule has 1 aliphatic heterocycles. The minimum absolute atomic E-state index is 0.0371. The number of carbonyl (C=O) groups is 2. The lowest BCUT2D eigenvalue weighted by molar-refractivity contribution is -0.133. The van der Waals surface area contributed by atoms with Gasteiger partial charge in [0.2, 0.25) is 5.91 Å². The normalized spacial score (nSPS) is 14.8. The van der Waals surface area contributed by atoms with E-state index in [0.29, 0.717) is 44.1 Å². The fraction of sp³-hybridized carbons (Fsp3) is 0.400. The van der Waals surface area contributed by atoms with Crippen LogP contribution in [0.2, 0.25) is 0 Å². The summed E-state index contributed by atoms with van der Waals surface area (Å²) in [7, 11) is 0. The molecular formula is C20H25N3O2. The molecule has 1 fully saturated rings. The molecule has 0 aliphatic carbocycles. The quantitative estimate of drug-likeness (QED) is 0.860. The molecule has 2 amide bonds. The minimum atomic E-state index is 0.0371. The van der Waals surface area contributed by atoms with Gasteiger partial charge in [0, 0.05) is 56.2 Å². The van der Waals surface area contributed by atoms with E-state index in [-0.39, 0.29) is 11.8 Å². The third-order valence-electron chi connectivity index (χ3n) is 4.52. The number of nitrogens with zero attached hydrogens (tertiary/aromatic N) is 3. The van der Waals surface area contributed by atoms with Crippen LogP contribution in [0.4, 0.5) is 0 Å². The molecule has 2 aromatic rings. The lowest BCUT2D eigenvalue weighted by Gasteiger charge is -2.35. The maximum Gasteiger partial charge on any atom is 0.253 e. The molecule has 5 heteroatoms. The van der Waals surface area contributed by atoms with Gasteiger partial charge in [-0.2, -0.15) is 0 Å². The van der Waals surface area contributed by atoms with Gasteiger partial charge in [0.1, 0.15) is 0 Å². The van der Waals surface area contributed by atoms with Gasteiger partial charge in [0.15, 0.2) is 0 Å². The van der Waals surface area contributed by atoms with Crippen LogP contribution in [0.15, 0.2) is 48.8 Å². The molecule has 0 N–H and O–H groups in total. The van der Waals surface area contributed by atoms with Crippen molar-refractivity contribution < 1.29 is 9.59 Å². The van der Waals surface area contributed by atoms with Crippen LogP contribution in [0.3, 0.4) is 0 Å². The topological polar surface area (TPSA) is 45.6 Å². The molecule has 1 aromatic heterocycles. The second-order valence-corrected chi connectivity index (χ2v) is 6.91. The van der Waals surface area contributed by atoms with Crippen molar-refractivity contribution >= 4 is 11.8 Å². The third kappa shape index (κ3) is 4.10. The summed E-state index contributed by atoms with van der Waals surface area (Å²) in [5, 5.41) is 0. The number of amides is 2. The Hall–Kier alpha value is -2.56. The van der Waals surface area contributed by atoms with E-state index in [1.54, 1.807) is 0 Å². The molecule has 3 rings (SSSR count). The Kier molecular flexibility index (Phi) is 5.22. The van der Waals surface area contributed by atoms with E-state index < -0.39 is 0 Å². The number of rotatable bonds is 4. The van der Waals surface area contributed by atoms with E-state index in [1.807, 2.05) is 63.2 Å². The summed E-state index contributed by atoms with van der Waals surface area (Å²) in [5.74, 6) is 0.596. The number of carbonyl (C=O) groups excluding carboxylic acids is 2. The van der Waals surface area contributed by atoms with Crippen LogP contribution in [-0.2, 0) is 4.79 Å². The fourth-order valence-corrected chi connectivity index (χ4v) is 3.10. The van der Waals surface area contributed by atoms with E-state index >= 15 is 0 Å². The largest absolute Gasteiger partial charge is 0.339 e. The highest BCUT2D eigenvalue weighted by molar-refractivity contribution is 5.94. The molecule has 0 saturated carbocycles. The Balaban J connectivity index is 1.58. The molecule has 1 aromatic carbocycles. The number of piperazine rings is 1. The van der Waals surface area contributed by atoms with Gasteiger partial charge in [0.05, 0.1) is 0 Å². The molecule has 0 radical (unpaired) electrons. The zero-order chi connectivity index (χ0) is 17.8. The monoisotopic (exact) mass is 339 g/mol. The molecule has 0 unspecified atom stereocenters. The van der Waals surface area contributed by atoms with Gasteiger partial charge in [-0.3, -0.25) is 9.59 Å². The molecule has 25 heavy (non-hydrogen) atoms. The van der Waals surface area contributed by atoms with E-state index in [2.05, 4.69) is 13.8 Å². The van der Waals surface area contributed by atoms with Crippen molar-refractivity contribution in [2.45, 2.75) is 20.3 Å². The zero-order valence-electron chi connectivity index (χ0n) is 14.9. The summed E-state index contributed by atoms with van der Waals surface area (Å²) in [5.41, 5.74) is 1.73. The summed E-state index contributed by atoms with van der Waals surface area (Å²) in [4.78, 5) is 28.5. The number of hydrogen-bond acceptors (Lipinski definition) is 2. The van der Waals surface area contributed by atoms with Gasteiger partial charge >= 0.3 is 0 Å². The van der Waals surface area contributed by atoms with Crippen molar-refractivity contribution in [1.82, 2.24) is 14.4 Å². The maximum atomic E-state index is 12.7. The standard InChI is InChI=1S/C20H25N3O2/c1-16(2)15-19(24)22-11-13-23(14-12-22)20(25)17-5-7-18(8-6-17)21-9-3-4-10-21/h3-10,16H,11-15H2,1-2H3. The molecular weight excluding hydrogens is 314 g/mol. The Morgan fingerprint density at radius 2 is 1.48 bits per heavy atom. The maximum absolute atomic E-state index is 12.7. The van der Waals surface area contributed by atoms with Crippen LogP contribution in [0.5, 0.6) is 0 Å². The van der Waals surface area contributed by atoms with Gasteiger partial charge in [-0.05, 0) is 42.3 Å². The van der Waals surface area contributed by atoms with Gasteiger partial charge in [-0.1, -0.05) is 13.8 Å². The predicted octanol–water partition coefficient (Wildman–Crippen LogP) is 2.81. The van der Waals surface area contributed by atoms with Crippen molar-refractivity contribution in [1.29, 1.82) is 0 Å². The van der Waals surface area contributed by atoms with E-state index in [4.69, 9.17) is 0 Å². The van der Waals surface area contributed by atoms with Crippen LogP contribution in [0.1, 0.15) is 30.6 Å². The Morgan fingerprint density at radius 3 is 2.04 bits per heavy atom. The summed E-state index contributed by atoms with van der Waals surface area (Å²) in [6.07, 6.45) is 4.53. The Labute approximate surface area is 148 Å². The first-order valence-corrected chi connectivity index (χ1v) is 8.85. The second-order valence-electron chi connectivity index (χ2n) is 6.91. The first-order valence-electron chi connectivity index (χ1n) is 8.85. The average molecular weight is 339 g/mol. The van der Waals surface area contributed by atoms with Gasteiger partial charge < -0.3 is 14.4 Å². The number of benzene rings is 1. The minimum Gasteiger partial charge on any atom is -0.339 e. The zero-order valence-corrected chi connectivity index (χ0v) is 14.9. The number of aromatic nitrogens is 1. The highest BCUT2D eigenvalue weighted by Gasteiger charge is 2.25. The van der Waals surface area contributed by atoms with Crippen molar-refractivity contribution in [3.8, 4) is 5.69 Å². The third-order valence-corrected chi connectivity index (χ3v) is 4.52. The van der Waals surface area contributed by atoms with E-state index in [9.17, 15) is 9.59 Å². The SMILES string of the molecule is CC(C)CC(=O)N1CCN(C(=O)c2ccc(-n3cccc3)cc2)CC1. The van der Waals surface area contributed by atoms with Crippen LogP contribution in [0, 0.1) is 5.92 Å². The highest BCUT2D eigenvalue weighted by atomic mass is 16.2. The summed E-state index contributed by atoms with van der Waals surface area (Å²) < 4.78 is 2.01. The summed E-state index contributed by atoms with van der Waals surface area (Å²) in [6.45, 7) is 6.55. The second kappa shape index (κ2) is 7.55. The van der Waals surface area contributed by atoms with Crippen LogP contribution in [-0.4, -0.2) is 52.4 Å². The molecule has 2 heterocycles. The van der Waals surface area contributed by atoms with Crippen LogP contribution >= 0.6 is 0 Å². The van der Waals surface area contributed by atoms with Gasteiger partial charge in [0.25, 0.3) is 5.91 Å². The average Bonchev–Trinajstić information content (AvgIpc) is 3.15. The summed E-state index contributed by atoms with van der Waals surface area (Å²) in [6, 6.07) is 11.6. The van der Waals surface area contributed by atoms with E-state index in [0.717, 1.165) is 5.69 Å². The number of hydrogen-bond donors (Lipinski definition) is 0. The van der Waals surface area contributed by atoms with Crippen LogP contribution in [0.25, 0.3) is 5.69 Å². The molecule has 5 nitrogen and oxygen atoms in total. The van der Waals surface area contributed by atoms with Crippen LogP contribution < -0.4 is 0 Å². The Morgan fingerprint density at radius 1 is 0.920 bits per heavy atom.